The highest BCUT2D eigenvalue weighted by atomic mass is 19.1. The van der Waals surface area contributed by atoms with Crippen molar-refractivity contribution in [3.63, 3.8) is 0 Å². The number of hydrogen-bond donors (Lipinski definition) is 11. The van der Waals surface area contributed by atoms with E-state index in [4.69, 9.17) is 24.9 Å². The number of esters is 1. The van der Waals surface area contributed by atoms with Gasteiger partial charge in [0, 0.05) is 61.2 Å². The van der Waals surface area contributed by atoms with Crippen molar-refractivity contribution in [1.82, 2.24) is 36.1 Å². The molecule has 4 aliphatic rings. The molecule has 0 saturated carbocycles. The summed E-state index contributed by atoms with van der Waals surface area (Å²) in [5.41, 5.74) is 7.93. The number of nitrogens with one attached hydrogen (secondary N) is 5. The number of fused-ring (bicyclic) bond motifs is 5. The van der Waals surface area contributed by atoms with Crippen LogP contribution in [0.4, 0.5) is 4.39 Å². The molecule has 1 aliphatic carbocycles. The molecule has 25 nitrogen and oxygen atoms in total. The fraction of sp³-hybridized carbons (Fsp3) is 0.509. The molecule has 4 aromatic rings. The number of halogens is 1. The first-order valence-corrected chi connectivity index (χ1v) is 27.6. The van der Waals surface area contributed by atoms with E-state index in [1.807, 2.05) is 0 Å². The van der Waals surface area contributed by atoms with Gasteiger partial charge in [0.25, 0.3) is 5.56 Å². The Morgan fingerprint density at radius 1 is 0.880 bits per heavy atom. The second kappa shape index (κ2) is 26.9. The van der Waals surface area contributed by atoms with Gasteiger partial charge in [-0.3, -0.25) is 38.4 Å². The van der Waals surface area contributed by atoms with Crippen LogP contribution in [0.2, 0.25) is 0 Å². The zero-order valence-corrected chi connectivity index (χ0v) is 45.9. The third-order valence-corrected chi connectivity index (χ3v) is 15.8. The van der Waals surface area contributed by atoms with Gasteiger partial charge in [-0.2, -0.15) is 0 Å². The van der Waals surface area contributed by atoms with Gasteiger partial charge < -0.3 is 76.6 Å². The molecular weight excluding hydrogens is 1090 g/mol. The molecule has 26 heteroatoms. The van der Waals surface area contributed by atoms with Crippen LogP contribution >= 0.6 is 0 Å². The highest BCUT2D eigenvalue weighted by Crippen LogP contribution is 2.46. The zero-order chi connectivity index (χ0) is 59.9. The smallest absolute Gasteiger partial charge is 0.343 e. The number of nitrogens with two attached hydrogens (primary N) is 1. The molecule has 8 rings (SSSR count). The number of ether oxygens (including phenoxy) is 3. The van der Waals surface area contributed by atoms with Crippen molar-refractivity contribution in [2.75, 3.05) is 33.0 Å². The number of rotatable bonds is 26. The van der Waals surface area contributed by atoms with Crippen molar-refractivity contribution < 1.29 is 82.5 Å². The van der Waals surface area contributed by atoms with Gasteiger partial charge in [0.05, 0.1) is 73.3 Å². The van der Waals surface area contributed by atoms with Gasteiger partial charge in [-0.05, 0) is 67.3 Å². The number of aliphatic hydroxyl groups is 5. The Morgan fingerprint density at radius 2 is 1.60 bits per heavy atom. The van der Waals surface area contributed by atoms with Gasteiger partial charge in [-0.15, -0.1) is 0 Å². The van der Waals surface area contributed by atoms with E-state index in [9.17, 15) is 68.7 Å². The lowest BCUT2D eigenvalue weighted by Crippen LogP contribution is -2.60. The Labute approximate surface area is 474 Å². The number of benzene rings is 2. The third kappa shape index (κ3) is 13.8. The molecule has 446 valence electrons. The monoisotopic (exact) mass is 1160 g/mol. The van der Waals surface area contributed by atoms with E-state index in [0.29, 0.717) is 57.4 Å². The minimum atomic E-state index is -2.05. The summed E-state index contributed by atoms with van der Waals surface area (Å²) in [6.45, 7) is 1.25. The number of amides is 5. The number of cyclic esters (lactones) is 1. The summed E-state index contributed by atoms with van der Waals surface area (Å²) < 4.78 is 33.0. The summed E-state index contributed by atoms with van der Waals surface area (Å²) in [7, 11) is 0. The van der Waals surface area contributed by atoms with Crippen LogP contribution in [0.3, 0.4) is 0 Å². The van der Waals surface area contributed by atoms with E-state index in [-0.39, 0.29) is 102 Å². The van der Waals surface area contributed by atoms with Crippen LogP contribution in [0.25, 0.3) is 22.3 Å². The molecule has 83 heavy (non-hydrogen) atoms. The number of aliphatic hydroxyl groups excluding tert-OH is 4. The molecule has 0 radical (unpaired) electrons. The van der Waals surface area contributed by atoms with Gasteiger partial charge in [0.2, 0.25) is 29.5 Å². The highest BCUT2D eigenvalue weighted by molar-refractivity contribution is 5.95. The van der Waals surface area contributed by atoms with Crippen LogP contribution < -0.4 is 37.9 Å². The van der Waals surface area contributed by atoms with Crippen LogP contribution in [-0.2, 0) is 84.2 Å². The molecule has 1 fully saturated rings. The SMILES string of the molecule is CC[C@@]1(O)C(=O)OCc2c1cc1n(c2=O)Cc2c-1nc1cc(F)c(C)c3c1c2[C@@H](NC(=O)CCOCNC(=O)CCC(=O)[C@H](Cc1ccccc1)NC(=O)CCC(=O)CNC(=O)[C@@H](N)CCC(=O)NC[C@@H]1O[C@H](CO)[C@@H](O)[C@H](O)[C@H]1O)CC3. The normalized spacial score (nSPS) is 22.0. The molecule has 0 unspecified atom stereocenters. The van der Waals surface area contributed by atoms with Crippen molar-refractivity contribution in [2.24, 2.45) is 5.73 Å². The molecule has 5 heterocycles. The topological polar surface area (TPSA) is 386 Å². The molecule has 2 aromatic heterocycles. The summed E-state index contributed by atoms with van der Waals surface area (Å²) in [6.07, 6.45) is -7.80. The number of aryl methyl sites for hydroxylation is 1. The summed E-state index contributed by atoms with van der Waals surface area (Å²) >= 11 is 0. The van der Waals surface area contributed by atoms with Gasteiger partial charge in [-0.25, -0.2) is 14.2 Å². The largest absolute Gasteiger partial charge is 0.458 e. The summed E-state index contributed by atoms with van der Waals surface area (Å²) in [5, 5.41) is 64.6. The molecule has 0 bridgehead atoms. The quantitative estimate of drug-likeness (QED) is 0.0174. The van der Waals surface area contributed by atoms with Crippen LogP contribution in [0.15, 0.2) is 47.3 Å². The Morgan fingerprint density at radius 3 is 2.34 bits per heavy atom. The zero-order valence-electron chi connectivity index (χ0n) is 45.9. The Hall–Kier alpha value is -7.43. The van der Waals surface area contributed by atoms with Crippen LogP contribution in [-0.4, -0.2) is 158 Å². The van der Waals surface area contributed by atoms with Gasteiger partial charge in [0.1, 0.15) is 49.7 Å². The fourth-order valence-corrected chi connectivity index (χ4v) is 10.9. The fourth-order valence-electron chi connectivity index (χ4n) is 10.9. The number of carbonyl (C=O) groups is 8. The number of hydrogen-bond acceptors (Lipinski definition) is 19. The molecule has 3 aliphatic heterocycles. The van der Waals surface area contributed by atoms with Crippen LogP contribution in [0.1, 0.15) is 110 Å². The maximum atomic E-state index is 15.4. The van der Waals surface area contributed by atoms with E-state index in [2.05, 4.69) is 26.6 Å². The van der Waals surface area contributed by atoms with Crippen molar-refractivity contribution in [2.45, 2.75) is 152 Å². The number of ketones is 2. The van der Waals surface area contributed by atoms with Crippen molar-refractivity contribution in [1.29, 1.82) is 0 Å². The summed E-state index contributed by atoms with van der Waals surface area (Å²) in [5.74, 6) is -5.20. The maximum absolute atomic E-state index is 15.4. The van der Waals surface area contributed by atoms with E-state index in [1.54, 1.807) is 50.2 Å². The first-order chi connectivity index (χ1) is 39.6. The van der Waals surface area contributed by atoms with E-state index in [1.165, 1.54) is 10.6 Å². The van der Waals surface area contributed by atoms with E-state index in [0.717, 1.165) is 5.56 Å². The Kier molecular flexibility index (Phi) is 20.0. The molecule has 12 N–H and O–H groups in total. The van der Waals surface area contributed by atoms with Gasteiger partial charge in [-0.1, -0.05) is 37.3 Å². The van der Waals surface area contributed by atoms with Crippen molar-refractivity contribution in [3.8, 4) is 11.4 Å². The predicted molar refractivity (Wildman–Crippen MR) is 290 cm³/mol. The van der Waals surface area contributed by atoms with Crippen LogP contribution in [0, 0.1) is 12.7 Å². The number of pyridine rings is 2. The first-order valence-electron chi connectivity index (χ1n) is 27.6. The standard InChI is InChI=1S/C57H69FN8O17/c1-3-57(80)34-20-40-50-32(24-66(40)55(78)33(34)26-82-56(57)79)49-37(12-10-31-28(2)35(58)21-39(65-50)48(31)49)63-47(73)17-18-81-27-62-45(71)16-13-41(69)38(19-29-7-5-4-6-8-29)64-46(72)14-9-30(68)22-61-54(77)36(59)11-15-44(70)60-23-42-51(74)53(76)52(75)43(25-67)83-42/h4-8,20-21,36-38,42-43,51-53,67,74-76,80H,3,9-19,22-27,59H2,1-2H3,(H,60,70)(H,61,77)(H,62,71)(H,63,73)(H,64,72)/t36-,37-,38-,42-,43+,51-,52+,53+,57-/m0/s1. The minimum Gasteiger partial charge on any atom is -0.458 e. The molecule has 5 amide bonds. The lowest BCUT2D eigenvalue weighted by molar-refractivity contribution is -0.227. The van der Waals surface area contributed by atoms with E-state index < -0.39 is 126 Å². The van der Waals surface area contributed by atoms with Crippen LogP contribution in [0.5, 0.6) is 0 Å². The molecule has 0 spiro atoms. The minimum absolute atomic E-state index is 0.0481. The molecule has 2 aromatic carbocycles. The highest BCUT2D eigenvalue weighted by Gasteiger charge is 2.47. The Bertz CT molecular complexity index is 3230. The molecule has 9 atom stereocenters. The maximum Gasteiger partial charge on any atom is 0.343 e. The number of aromatic nitrogens is 2. The predicted octanol–water partition coefficient (Wildman–Crippen LogP) is -1.28. The number of carbonyl (C=O) groups excluding carboxylic acids is 8. The second-order valence-electron chi connectivity index (χ2n) is 21.2. The average molecular weight is 1160 g/mol. The van der Waals surface area contributed by atoms with Crippen molar-refractivity contribution >= 4 is 58.0 Å². The van der Waals surface area contributed by atoms with Crippen molar-refractivity contribution in [3.05, 3.63) is 97.6 Å². The lowest BCUT2D eigenvalue weighted by atomic mass is 9.81. The number of Topliss-reactive ketones (excluding diaryl/α,β-unsaturated/α-hetero) is 2. The first kappa shape index (κ1) is 61.6. The average Bonchev–Trinajstić information content (AvgIpc) is 4.05. The lowest BCUT2D eigenvalue weighted by Gasteiger charge is -2.40. The van der Waals surface area contributed by atoms with Gasteiger partial charge in [0.15, 0.2) is 17.2 Å². The third-order valence-electron chi connectivity index (χ3n) is 15.8. The number of nitrogens with zero attached hydrogens (tertiary/aromatic N) is 2. The summed E-state index contributed by atoms with van der Waals surface area (Å²) in [4.78, 5) is 122. The summed E-state index contributed by atoms with van der Waals surface area (Å²) in [6, 6.07) is 8.87. The Balaban J connectivity index is 0.768. The second-order valence-corrected chi connectivity index (χ2v) is 21.2. The van der Waals surface area contributed by atoms with E-state index >= 15 is 4.39 Å². The van der Waals surface area contributed by atoms with Gasteiger partial charge >= 0.3 is 5.97 Å². The molecular formula is C57H69FN8O17. The molecule has 1 saturated heterocycles.